The van der Waals surface area contributed by atoms with Crippen LogP contribution < -0.4 is 14.8 Å². The van der Waals surface area contributed by atoms with Crippen molar-refractivity contribution in [1.29, 1.82) is 0 Å². The van der Waals surface area contributed by atoms with Crippen LogP contribution in [0, 0.1) is 0 Å². The number of methoxy groups -OCH3 is 2. The lowest BCUT2D eigenvalue weighted by Crippen LogP contribution is -2.20. The molecule has 1 aromatic carbocycles. The number of benzene rings is 1. The summed E-state index contributed by atoms with van der Waals surface area (Å²) in [4.78, 5) is 17.1. The van der Waals surface area contributed by atoms with Crippen LogP contribution in [-0.2, 0) is 11.3 Å². The number of thiazole rings is 1. The van der Waals surface area contributed by atoms with Crippen LogP contribution in [0.1, 0.15) is 11.3 Å². The van der Waals surface area contributed by atoms with E-state index in [0.29, 0.717) is 28.9 Å². The largest absolute Gasteiger partial charge is 0.497 e. The number of halogens is 1. The Hall–Kier alpha value is -2.51. The van der Waals surface area contributed by atoms with E-state index in [1.54, 1.807) is 26.4 Å². The highest BCUT2D eigenvalue weighted by Gasteiger charge is 2.09. The smallest absolute Gasteiger partial charge is 0.244 e. The van der Waals surface area contributed by atoms with E-state index in [1.165, 1.54) is 17.4 Å². The summed E-state index contributed by atoms with van der Waals surface area (Å²) in [7, 11) is 3.17. The molecule has 0 aliphatic heterocycles. The molecule has 3 rings (SSSR count). The van der Waals surface area contributed by atoms with E-state index in [0.717, 1.165) is 10.5 Å². The van der Waals surface area contributed by atoms with Gasteiger partial charge in [-0.3, -0.25) is 9.20 Å². The number of amides is 1. The quantitative estimate of drug-likeness (QED) is 0.669. The molecule has 0 radical (unpaired) electrons. The molecule has 0 atom stereocenters. The molecule has 0 bridgehead atoms. The van der Waals surface area contributed by atoms with Gasteiger partial charge in [0, 0.05) is 35.8 Å². The topological polar surface area (TPSA) is 64.9 Å². The van der Waals surface area contributed by atoms with Gasteiger partial charge in [0.25, 0.3) is 0 Å². The van der Waals surface area contributed by atoms with E-state index >= 15 is 0 Å². The molecule has 8 heteroatoms. The molecule has 0 aliphatic carbocycles. The molecule has 0 aliphatic rings. The van der Waals surface area contributed by atoms with Crippen LogP contribution in [0.5, 0.6) is 11.5 Å². The highest BCUT2D eigenvalue weighted by atomic mass is 35.5. The number of rotatable bonds is 6. The predicted molar refractivity (Wildman–Crippen MR) is 98.5 cm³/mol. The van der Waals surface area contributed by atoms with Gasteiger partial charge in [-0.05, 0) is 18.2 Å². The Morgan fingerprint density at radius 3 is 3.00 bits per heavy atom. The van der Waals surface area contributed by atoms with Crippen LogP contribution in [0.25, 0.3) is 11.0 Å². The standard InChI is InChI=1S/C17H16ClN3O3S/c1-23-12-4-3-11(14(9-12)24-2)10-19-15(22)6-5-13-16(18)20-17-21(13)7-8-25-17/h3-9H,10H2,1-2H3,(H,19,22)/b6-5+. The van der Waals surface area contributed by atoms with E-state index in [9.17, 15) is 4.79 Å². The maximum atomic E-state index is 12.1. The minimum Gasteiger partial charge on any atom is -0.497 e. The molecule has 1 amide bonds. The van der Waals surface area contributed by atoms with Crippen LogP contribution in [0.3, 0.4) is 0 Å². The van der Waals surface area contributed by atoms with Crippen molar-refractivity contribution < 1.29 is 14.3 Å². The Balaban J connectivity index is 1.67. The van der Waals surface area contributed by atoms with Gasteiger partial charge in [-0.15, -0.1) is 11.3 Å². The third-order valence-corrected chi connectivity index (χ3v) is 4.63. The second-order valence-electron chi connectivity index (χ2n) is 5.07. The van der Waals surface area contributed by atoms with Gasteiger partial charge in [0.2, 0.25) is 5.91 Å². The van der Waals surface area contributed by atoms with E-state index in [1.807, 2.05) is 28.1 Å². The third-order valence-electron chi connectivity index (χ3n) is 3.59. The van der Waals surface area contributed by atoms with Crippen molar-refractivity contribution in [2.24, 2.45) is 0 Å². The van der Waals surface area contributed by atoms with Gasteiger partial charge in [-0.1, -0.05) is 11.6 Å². The number of imidazole rings is 1. The van der Waals surface area contributed by atoms with Gasteiger partial charge in [0.1, 0.15) is 11.5 Å². The number of carbonyl (C=O) groups is 1. The van der Waals surface area contributed by atoms with Crippen molar-refractivity contribution in [2.45, 2.75) is 6.54 Å². The van der Waals surface area contributed by atoms with E-state index in [2.05, 4.69) is 10.3 Å². The maximum absolute atomic E-state index is 12.1. The highest BCUT2D eigenvalue weighted by Crippen LogP contribution is 2.24. The van der Waals surface area contributed by atoms with E-state index in [-0.39, 0.29) is 5.91 Å². The lowest BCUT2D eigenvalue weighted by Gasteiger charge is -2.10. The lowest BCUT2D eigenvalue weighted by molar-refractivity contribution is -0.116. The Bertz CT molecular complexity index is 933. The van der Waals surface area contributed by atoms with Gasteiger partial charge in [0.05, 0.1) is 19.9 Å². The molecule has 0 saturated carbocycles. The summed E-state index contributed by atoms with van der Waals surface area (Å²) in [5.74, 6) is 1.11. The van der Waals surface area contributed by atoms with E-state index in [4.69, 9.17) is 21.1 Å². The van der Waals surface area contributed by atoms with Crippen LogP contribution in [0.2, 0.25) is 5.15 Å². The molecule has 0 spiro atoms. The average molecular weight is 378 g/mol. The van der Waals surface area contributed by atoms with Crippen LogP contribution >= 0.6 is 22.9 Å². The first kappa shape index (κ1) is 17.3. The first-order valence-corrected chi connectivity index (χ1v) is 8.66. The molecule has 0 fully saturated rings. The molecule has 3 aromatic rings. The molecule has 25 heavy (non-hydrogen) atoms. The van der Waals surface area contributed by atoms with Gasteiger partial charge < -0.3 is 14.8 Å². The summed E-state index contributed by atoms with van der Waals surface area (Å²) in [6.45, 7) is 0.338. The van der Waals surface area contributed by atoms with Crippen LogP contribution in [-0.4, -0.2) is 29.5 Å². The fourth-order valence-corrected chi connectivity index (χ4v) is 3.33. The lowest BCUT2D eigenvalue weighted by atomic mass is 10.2. The molecule has 0 saturated heterocycles. The Morgan fingerprint density at radius 1 is 1.40 bits per heavy atom. The van der Waals surface area contributed by atoms with Gasteiger partial charge >= 0.3 is 0 Å². The Morgan fingerprint density at radius 2 is 2.24 bits per heavy atom. The second-order valence-corrected chi connectivity index (χ2v) is 6.30. The highest BCUT2D eigenvalue weighted by molar-refractivity contribution is 7.15. The van der Waals surface area contributed by atoms with Crippen molar-refractivity contribution in [1.82, 2.24) is 14.7 Å². The minimum absolute atomic E-state index is 0.237. The summed E-state index contributed by atoms with van der Waals surface area (Å²) in [6, 6.07) is 5.44. The molecule has 6 nitrogen and oxygen atoms in total. The molecule has 2 heterocycles. The van der Waals surface area contributed by atoms with Crippen molar-refractivity contribution >= 4 is 39.9 Å². The zero-order valence-electron chi connectivity index (χ0n) is 13.7. The minimum atomic E-state index is -0.237. The predicted octanol–water partition coefficient (Wildman–Crippen LogP) is 3.40. The van der Waals surface area contributed by atoms with Crippen LogP contribution in [0.4, 0.5) is 0 Å². The molecule has 1 N–H and O–H groups in total. The first-order chi connectivity index (χ1) is 12.1. The van der Waals surface area contributed by atoms with E-state index < -0.39 is 0 Å². The average Bonchev–Trinajstić information content (AvgIpc) is 3.18. The monoisotopic (exact) mass is 377 g/mol. The normalized spacial score (nSPS) is 11.2. The Labute approximate surface area is 153 Å². The molecular weight excluding hydrogens is 362 g/mol. The third kappa shape index (κ3) is 3.78. The fraction of sp³-hybridized carbons (Fsp3) is 0.176. The zero-order valence-corrected chi connectivity index (χ0v) is 15.2. The van der Waals surface area contributed by atoms with Crippen molar-refractivity contribution in [3.63, 3.8) is 0 Å². The summed E-state index contributed by atoms with van der Waals surface area (Å²) >= 11 is 7.58. The Kier molecular flexibility index (Phi) is 5.25. The van der Waals surface area contributed by atoms with Crippen molar-refractivity contribution in [3.05, 3.63) is 52.3 Å². The molecule has 130 valence electrons. The zero-order chi connectivity index (χ0) is 17.8. The number of hydrogen-bond donors (Lipinski definition) is 1. The number of hydrogen-bond acceptors (Lipinski definition) is 5. The maximum Gasteiger partial charge on any atom is 0.244 e. The number of ether oxygens (including phenoxy) is 2. The number of fused-ring (bicyclic) bond motifs is 1. The SMILES string of the molecule is COc1ccc(CNC(=O)/C=C/c2c(Cl)nc3sccn23)c(OC)c1. The molecule has 2 aromatic heterocycles. The number of aromatic nitrogens is 2. The first-order valence-electron chi connectivity index (χ1n) is 7.40. The molecular formula is C17H16ClN3O3S. The van der Waals surface area contributed by atoms with Crippen molar-refractivity contribution in [2.75, 3.05) is 14.2 Å². The summed E-state index contributed by atoms with van der Waals surface area (Å²) in [5.41, 5.74) is 1.53. The number of nitrogens with zero attached hydrogens (tertiary/aromatic N) is 2. The van der Waals surface area contributed by atoms with Crippen molar-refractivity contribution in [3.8, 4) is 11.5 Å². The fourth-order valence-electron chi connectivity index (χ4n) is 2.32. The van der Waals surface area contributed by atoms with Crippen LogP contribution in [0.15, 0.2) is 35.9 Å². The second kappa shape index (κ2) is 7.58. The summed E-state index contributed by atoms with van der Waals surface area (Å²) in [6.07, 6.45) is 4.94. The van der Waals surface area contributed by atoms with Gasteiger partial charge in [0.15, 0.2) is 10.1 Å². The number of nitrogens with one attached hydrogen (secondary N) is 1. The van der Waals surface area contributed by atoms with Gasteiger partial charge in [-0.2, -0.15) is 0 Å². The van der Waals surface area contributed by atoms with Gasteiger partial charge in [-0.25, -0.2) is 4.98 Å². The molecule has 0 unspecified atom stereocenters. The summed E-state index contributed by atoms with van der Waals surface area (Å²) in [5, 5.41) is 5.10. The number of carbonyl (C=O) groups excluding carboxylic acids is 1. The summed E-state index contributed by atoms with van der Waals surface area (Å²) < 4.78 is 12.3.